The second-order valence-electron chi connectivity index (χ2n) is 7.00. The van der Waals surface area contributed by atoms with Gasteiger partial charge < -0.3 is 4.74 Å². The lowest BCUT2D eigenvalue weighted by atomic mass is 10.0. The normalized spacial score (nSPS) is 13.9. The Balaban J connectivity index is 1.50. The standard InChI is InChI=1S/C24H23N3OS/c1-2-28-20-10-8-18(9-11-20)15-26-24-22(14-25)21-12-13-27(17-23(21)29-24)16-19-6-4-3-5-7-19/h3-11,15H,2,12-13,16-17H2,1H3. The molecule has 29 heavy (non-hydrogen) atoms. The van der Waals surface area contributed by atoms with Crippen LogP contribution < -0.4 is 4.74 Å². The maximum atomic E-state index is 9.71. The number of fused-ring (bicyclic) bond motifs is 1. The van der Waals surface area contributed by atoms with Gasteiger partial charge in [0, 0.05) is 30.7 Å². The molecular weight excluding hydrogens is 378 g/mol. The van der Waals surface area contributed by atoms with E-state index in [-0.39, 0.29) is 0 Å². The van der Waals surface area contributed by atoms with Gasteiger partial charge in [0.15, 0.2) is 0 Å². The van der Waals surface area contributed by atoms with Crippen LogP contribution in [0.2, 0.25) is 0 Å². The maximum Gasteiger partial charge on any atom is 0.134 e. The first-order chi connectivity index (χ1) is 14.3. The van der Waals surface area contributed by atoms with Crippen molar-refractivity contribution < 1.29 is 4.74 Å². The summed E-state index contributed by atoms with van der Waals surface area (Å²) in [6.45, 7) is 5.40. The molecular formula is C24H23N3OS. The maximum absolute atomic E-state index is 9.71. The fourth-order valence-electron chi connectivity index (χ4n) is 3.57. The molecule has 0 spiro atoms. The van der Waals surface area contributed by atoms with E-state index in [0.717, 1.165) is 47.9 Å². The molecule has 146 valence electrons. The summed E-state index contributed by atoms with van der Waals surface area (Å²) in [5.74, 6) is 0.854. The summed E-state index contributed by atoms with van der Waals surface area (Å²) >= 11 is 1.64. The molecule has 0 atom stereocenters. The minimum Gasteiger partial charge on any atom is -0.494 e. The average molecular weight is 402 g/mol. The zero-order valence-corrected chi connectivity index (χ0v) is 17.3. The van der Waals surface area contributed by atoms with Crippen molar-refractivity contribution in [3.05, 3.63) is 81.7 Å². The summed E-state index contributed by atoms with van der Waals surface area (Å²) in [6.07, 6.45) is 2.73. The smallest absolute Gasteiger partial charge is 0.134 e. The highest BCUT2D eigenvalue weighted by Gasteiger charge is 2.24. The molecule has 0 N–H and O–H groups in total. The quantitative estimate of drug-likeness (QED) is 0.525. The third-order valence-electron chi connectivity index (χ3n) is 5.00. The molecule has 3 aromatic rings. The first kappa shape index (κ1) is 19.4. The SMILES string of the molecule is CCOc1ccc(C=Nc2sc3c(c2C#N)CCN(Cc2ccccc2)C3)cc1. The van der Waals surface area contributed by atoms with E-state index in [9.17, 15) is 5.26 Å². The van der Waals surface area contributed by atoms with Crippen molar-refractivity contribution in [3.63, 3.8) is 0 Å². The molecule has 1 aromatic heterocycles. The highest BCUT2D eigenvalue weighted by Crippen LogP contribution is 2.38. The van der Waals surface area contributed by atoms with Gasteiger partial charge in [-0.2, -0.15) is 5.26 Å². The minimum absolute atomic E-state index is 0.654. The van der Waals surface area contributed by atoms with Gasteiger partial charge in [-0.25, -0.2) is 4.99 Å². The highest BCUT2D eigenvalue weighted by atomic mass is 32.1. The fraction of sp³-hybridized carbons (Fsp3) is 0.250. The summed E-state index contributed by atoms with van der Waals surface area (Å²) in [5, 5.41) is 10.5. The molecule has 0 fully saturated rings. The molecule has 0 radical (unpaired) electrons. The Morgan fingerprint density at radius 3 is 2.69 bits per heavy atom. The van der Waals surface area contributed by atoms with E-state index in [0.29, 0.717) is 6.61 Å². The predicted octanol–water partition coefficient (Wildman–Crippen LogP) is 5.33. The number of nitrogens with zero attached hydrogens (tertiary/aromatic N) is 3. The first-order valence-electron chi connectivity index (χ1n) is 9.84. The van der Waals surface area contributed by atoms with Gasteiger partial charge in [-0.15, -0.1) is 11.3 Å². The van der Waals surface area contributed by atoms with Crippen molar-refractivity contribution in [2.75, 3.05) is 13.2 Å². The molecule has 0 saturated carbocycles. The van der Waals surface area contributed by atoms with Crippen molar-refractivity contribution in [1.82, 2.24) is 4.90 Å². The van der Waals surface area contributed by atoms with Crippen LogP contribution >= 0.6 is 11.3 Å². The van der Waals surface area contributed by atoms with Crippen LogP contribution in [0.4, 0.5) is 5.00 Å². The molecule has 1 aliphatic heterocycles. The van der Waals surface area contributed by atoms with E-state index < -0.39 is 0 Å². The summed E-state index contributed by atoms with van der Waals surface area (Å²) in [6, 6.07) is 20.8. The summed E-state index contributed by atoms with van der Waals surface area (Å²) in [4.78, 5) is 8.35. The van der Waals surface area contributed by atoms with Crippen LogP contribution in [0.3, 0.4) is 0 Å². The number of hydrogen-bond donors (Lipinski definition) is 0. The largest absolute Gasteiger partial charge is 0.494 e. The number of ether oxygens (including phenoxy) is 1. The Kier molecular flexibility index (Phi) is 6.04. The summed E-state index contributed by atoms with van der Waals surface area (Å²) in [5.41, 5.74) is 4.24. The van der Waals surface area contributed by atoms with Gasteiger partial charge in [-0.05, 0) is 54.3 Å². The summed E-state index contributed by atoms with van der Waals surface area (Å²) < 4.78 is 5.48. The van der Waals surface area contributed by atoms with Crippen molar-refractivity contribution in [2.24, 2.45) is 4.99 Å². The first-order valence-corrected chi connectivity index (χ1v) is 10.7. The van der Waals surface area contributed by atoms with E-state index in [1.54, 1.807) is 11.3 Å². The van der Waals surface area contributed by atoms with Gasteiger partial charge in [-0.1, -0.05) is 30.3 Å². The number of hydrogen-bond acceptors (Lipinski definition) is 5. The molecule has 5 heteroatoms. The van der Waals surface area contributed by atoms with Gasteiger partial charge in [0.25, 0.3) is 0 Å². The second-order valence-corrected chi connectivity index (χ2v) is 8.09. The van der Waals surface area contributed by atoms with Gasteiger partial charge >= 0.3 is 0 Å². The van der Waals surface area contributed by atoms with Crippen molar-refractivity contribution in [1.29, 1.82) is 5.26 Å². The average Bonchev–Trinajstić information content (AvgIpc) is 3.11. The van der Waals surface area contributed by atoms with Crippen LogP contribution in [0.1, 0.15) is 34.1 Å². The Labute approximate surface area is 175 Å². The Hall–Kier alpha value is -2.94. The Morgan fingerprint density at radius 1 is 1.17 bits per heavy atom. The molecule has 0 bridgehead atoms. The van der Waals surface area contributed by atoms with Crippen molar-refractivity contribution in [2.45, 2.75) is 26.4 Å². The lowest BCUT2D eigenvalue weighted by molar-refractivity contribution is 0.249. The number of rotatable bonds is 6. The number of benzene rings is 2. The molecule has 4 nitrogen and oxygen atoms in total. The molecule has 0 aliphatic carbocycles. The van der Waals surface area contributed by atoms with E-state index in [4.69, 9.17) is 4.74 Å². The van der Waals surface area contributed by atoms with Gasteiger partial charge in [0.2, 0.25) is 0 Å². The molecule has 4 rings (SSSR count). The van der Waals surface area contributed by atoms with E-state index >= 15 is 0 Å². The molecule has 0 amide bonds. The Bertz CT molecular complexity index is 1030. The predicted molar refractivity (Wildman–Crippen MR) is 118 cm³/mol. The number of thiophene rings is 1. The molecule has 0 saturated heterocycles. The van der Waals surface area contributed by atoms with Crippen molar-refractivity contribution >= 4 is 22.6 Å². The van der Waals surface area contributed by atoms with Gasteiger partial charge in [0.05, 0.1) is 12.2 Å². The molecule has 2 heterocycles. The lowest BCUT2D eigenvalue weighted by Crippen LogP contribution is -2.29. The van der Waals surface area contributed by atoms with Crippen LogP contribution in [0.5, 0.6) is 5.75 Å². The van der Waals surface area contributed by atoms with Gasteiger partial charge in [0.1, 0.15) is 16.8 Å². The zero-order chi connectivity index (χ0) is 20.1. The monoisotopic (exact) mass is 401 g/mol. The van der Waals surface area contributed by atoms with Crippen LogP contribution in [-0.2, 0) is 19.5 Å². The van der Waals surface area contributed by atoms with E-state index in [1.165, 1.54) is 16.0 Å². The lowest BCUT2D eigenvalue weighted by Gasteiger charge is -2.26. The second kappa shape index (κ2) is 9.04. The number of aliphatic imine (C=N–C) groups is 1. The molecule has 0 unspecified atom stereocenters. The van der Waals surface area contributed by atoms with E-state index in [1.807, 2.05) is 43.5 Å². The molecule has 1 aliphatic rings. The third-order valence-corrected chi connectivity index (χ3v) is 6.12. The van der Waals surface area contributed by atoms with Crippen LogP contribution in [0.25, 0.3) is 0 Å². The van der Waals surface area contributed by atoms with E-state index in [2.05, 4.69) is 40.2 Å². The zero-order valence-electron chi connectivity index (χ0n) is 16.5. The van der Waals surface area contributed by atoms with Crippen molar-refractivity contribution in [3.8, 4) is 11.8 Å². The summed E-state index contributed by atoms with van der Waals surface area (Å²) in [7, 11) is 0. The molecule has 2 aromatic carbocycles. The third kappa shape index (κ3) is 4.56. The van der Waals surface area contributed by atoms with Gasteiger partial charge in [-0.3, -0.25) is 4.90 Å². The van der Waals surface area contributed by atoms with Crippen LogP contribution in [0.15, 0.2) is 59.6 Å². The topological polar surface area (TPSA) is 48.6 Å². The highest BCUT2D eigenvalue weighted by molar-refractivity contribution is 7.16. The van der Waals surface area contributed by atoms with Crippen LogP contribution in [-0.4, -0.2) is 24.3 Å². The number of nitriles is 1. The van der Waals surface area contributed by atoms with Crippen LogP contribution in [0, 0.1) is 11.3 Å². The minimum atomic E-state index is 0.654. The Morgan fingerprint density at radius 2 is 1.97 bits per heavy atom. The fourth-order valence-corrected chi connectivity index (χ4v) is 4.76.